The van der Waals surface area contributed by atoms with Crippen molar-refractivity contribution in [2.45, 2.75) is 45.6 Å². The minimum absolute atomic E-state index is 0.195. The van der Waals surface area contributed by atoms with Crippen LogP contribution >= 0.6 is 11.3 Å². The minimum Gasteiger partial charge on any atom is -0.451 e. The van der Waals surface area contributed by atoms with E-state index in [1.807, 2.05) is 37.3 Å². The fourth-order valence-electron chi connectivity index (χ4n) is 3.21. The molecule has 1 amide bonds. The van der Waals surface area contributed by atoms with E-state index < -0.39 is 0 Å². The van der Waals surface area contributed by atoms with Crippen LogP contribution in [0.1, 0.15) is 50.5 Å². The zero-order valence-corrected chi connectivity index (χ0v) is 16.2. The Labute approximate surface area is 158 Å². The molecule has 0 spiro atoms. The molecule has 1 aromatic heterocycles. The van der Waals surface area contributed by atoms with Crippen molar-refractivity contribution in [1.29, 1.82) is 0 Å². The van der Waals surface area contributed by atoms with Crippen LogP contribution in [0.3, 0.4) is 0 Å². The maximum atomic E-state index is 12.3. The van der Waals surface area contributed by atoms with Crippen molar-refractivity contribution >= 4 is 23.2 Å². The van der Waals surface area contributed by atoms with Gasteiger partial charge in [0.25, 0.3) is 5.91 Å². The molecule has 0 bridgehead atoms. The standard InChI is InChI=1S/C21H25NO3S/c1-15-8-6-7-10-17(15)13-22(2)20(23)14-25-21(24)19-12-16-9-4-3-5-11-18(16)26-19/h6-8,10,12H,3-5,9,11,13-14H2,1-2H3. The van der Waals surface area contributed by atoms with Gasteiger partial charge in [-0.15, -0.1) is 11.3 Å². The van der Waals surface area contributed by atoms with Crippen LogP contribution in [-0.2, 0) is 28.9 Å². The highest BCUT2D eigenvalue weighted by atomic mass is 32.1. The van der Waals surface area contributed by atoms with Crippen molar-refractivity contribution in [3.05, 3.63) is 56.8 Å². The van der Waals surface area contributed by atoms with Gasteiger partial charge in [-0.3, -0.25) is 4.79 Å². The third-order valence-electron chi connectivity index (χ3n) is 4.87. The van der Waals surface area contributed by atoms with Crippen LogP contribution in [0.2, 0.25) is 0 Å². The van der Waals surface area contributed by atoms with E-state index in [0.717, 1.165) is 24.0 Å². The van der Waals surface area contributed by atoms with E-state index in [-0.39, 0.29) is 18.5 Å². The Balaban J connectivity index is 1.54. The molecule has 0 radical (unpaired) electrons. The number of benzene rings is 1. The zero-order chi connectivity index (χ0) is 18.5. The van der Waals surface area contributed by atoms with Gasteiger partial charge in [0.1, 0.15) is 4.88 Å². The number of hydrogen-bond acceptors (Lipinski definition) is 4. The van der Waals surface area contributed by atoms with E-state index in [1.54, 1.807) is 11.9 Å². The zero-order valence-electron chi connectivity index (χ0n) is 15.4. The van der Waals surface area contributed by atoms with E-state index >= 15 is 0 Å². The summed E-state index contributed by atoms with van der Waals surface area (Å²) in [7, 11) is 1.73. The van der Waals surface area contributed by atoms with Crippen molar-refractivity contribution < 1.29 is 14.3 Å². The first-order chi connectivity index (χ1) is 12.5. The monoisotopic (exact) mass is 371 g/mol. The molecule has 0 saturated carbocycles. The van der Waals surface area contributed by atoms with Crippen LogP contribution in [-0.4, -0.2) is 30.4 Å². The summed E-state index contributed by atoms with van der Waals surface area (Å²) in [5, 5.41) is 0. The van der Waals surface area contributed by atoms with E-state index in [4.69, 9.17) is 4.74 Å². The molecule has 26 heavy (non-hydrogen) atoms. The van der Waals surface area contributed by atoms with Crippen LogP contribution in [0.4, 0.5) is 0 Å². The summed E-state index contributed by atoms with van der Waals surface area (Å²) in [4.78, 5) is 28.1. The average molecular weight is 372 g/mol. The Morgan fingerprint density at radius 1 is 1.15 bits per heavy atom. The third kappa shape index (κ3) is 4.52. The molecular formula is C21H25NO3S. The molecule has 1 aliphatic carbocycles. The lowest BCUT2D eigenvalue weighted by Crippen LogP contribution is -2.31. The predicted octanol–water partition coefficient (Wildman–Crippen LogP) is 4.14. The molecule has 5 heteroatoms. The largest absolute Gasteiger partial charge is 0.451 e. The summed E-state index contributed by atoms with van der Waals surface area (Å²) >= 11 is 1.52. The van der Waals surface area contributed by atoms with Gasteiger partial charge in [-0.05, 0) is 55.4 Å². The maximum absolute atomic E-state index is 12.3. The summed E-state index contributed by atoms with van der Waals surface area (Å²) in [6, 6.07) is 9.92. The number of carbonyl (C=O) groups excluding carboxylic acids is 2. The number of esters is 1. The molecule has 0 fully saturated rings. The number of rotatable bonds is 5. The van der Waals surface area contributed by atoms with E-state index in [9.17, 15) is 9.59 Å². The van der Waals surface area contributed by atoms with Crippen molar-refractivity contribution in [3.63, 3.8) is 0 Å². The third-order valence-corrected chi connectivity index (χ3v) is 6.09. The summed E-state index contributed by atoms with van der Waals surface area (Å²) in [5.41, 5.74) is 3.52. The molecule has 0 N–H and O–H groups in total. The lowest BCUT2D eigenvalue weighted by Gasteiger charge is -2.18. The van der Waals surface area contributed by atoms with Crippen molar-refractivity contribution in [2.24, 2.45) is 0 Å². The molecule has 0 atom stereocenters. The second-order valence-electron chi connectivity index (χ2n) is 6.87. The lowest BCUT2D eigenvalue weighted by atomic mass is 10.1. The lowest BCUT2D eigenvalue weighted by molar-refractivity contribution is -0.133. The molecule has 3 rings (SSSR count). The Morgan fingerprint density at radius 2 is 1.92 bits per heavy atom. The number of ether oxygens (including phenoxy) is 1. The fourth-order valence-corrected chi connectivity index (χ4v) is 4.36. The van der Waals surface area contributed by atoms with Gasteiger partial charge in [0.05, 0.1) is 0 Å². The highest BCUT2D eigenvalue weighted by Crippen LogP contribution is 2.29. The molecule has 1 aliphatic rings. The van der Waals surface area contributed by atoms with Crippen molar-refractivity contribution in [2.75, 3.05) is 13.7 Å². The Morgan fingerprint density at radius 3 is 2.73 bits per heavy atom. The molecule has 1 heterocycles. The molecule has 0 saturated heterocycles. The predicted molar refractivity (Wildman–Crippen MR) is 104 cm³/mol. The fraction of sp³-hybridized carbons (Fsp3) is 0.429. The van der Waals surface area contributed by atoms with E-state index in [2.05, 4.69) is 0 Å². The maximum Gasteiger partial charge on any atom is 0.348 e. The van der Waals surface area contributed by atoms with Crippen LogP contribution in [0, 0.1) is 6.92 Å². The first kappa shape index (κ1) is 18.6. The number of carbonyl (C=O) groups is 2. The quantitative estimate of drug-likeness (QED) is 0.586. The van der Waals surface area contributed by atoms with E-state index in [0.29, 0.717) is 11.4 Å². The molecule has 2 aromatic rings. The summed E-state index contributed by atoms with van der Waals surface area (Å²) in [6.07, 6.45) is 5.70. The average Bonchev–Trinajstić information content (AvgIpc) is 2.92. The Bertz CT molecular complexity index is 773. The van der Waals surface area contributed by atoms with Crippen LogP contribution in [0.15, 0.2) is 30.3 Å². The minimum atomic E-state index is -0.388. The molecule has 4 nitrogen and oxygen atoms in total. The van der Waals surface area contributed by atoms with E-state index in [1.165, 1.54) is 41.0 Å². The molecule has 0 unspecified atom stereocenters. The van der Waals surface area contributed by atoms with Gasteiger partial charge < -0.3 is 9.64 Å². The smallest absolute Gasteiger partial charge is 0.348 e. The number of aryl methyl sites for hydroxylation is 3. The topological polar surface area (TPSA) is 46.6 Å². The number of amides is 1. The molecule has 138 valence electrons. The summed E-state index contributed by atoms with van der Waals surface area (Å²) < 4.78 is 5.27. The van der Waals surface area contributed by atoms with Crippen LogP contribution < -0.4 is 0 Å². The summed E-state index contributed by atoms with van der Waals surface area (Å²) in [5.74, 6) is -0.583. The highest BCUT2D eigenvalue weighted by molar-refractivity contribution is 7.14. The van der Waals surface area contributed by atoms with Gasteiger partial charge >= 0.3 is 5.97 Å². The number of thiophene rings is 1. The highest BCUT2D eigenvalue weighted by Gasteiger charge is 2.19. The second kappa shape index (κ2) is 8.49. The SMILES string of the molecule is Cc1ccccc1CN(C)C(=O)COC(=O)c1cc2c(s1)CCCCC2. The molecule has 0 aliphatic heterocycles. The van der Waals surface area contributed by atoms with Gasteiger partial charge in [-0.1, -0.05) is 30.7 Å². The number of hydrogen-bond donors (Lipinski definition) is 0. The second-order valence-corrected chi connectivity index (χ2v) is 8.01. The first-order valence-corrected chi connectivity index (χ1v) is 9.93. The van der Waals surface area contributed by atoms with Crippen molar-refractivity contribution in [3.8, 4) is 0 Å². The first-order valence-electron chi connectivity index (χ1n) is 9.12. The molecular weight excluding hydrogens is 346 g/mol. The van der Waals surface area contributed by atoms with Gasteiger partial charge in [0.2, 0.25) is 0 Å². The van der Waals surface area contributed by atoms with Crippen LogP contribution in [0.25, 0.3) is 0 Å². The number of fused-ring (bicyclic) bond motifs is 1. The number of likely N-dealkylation sites (N-methyl/N-ethyl adjacent to an activating group) is 1. The van der Waals surface area contributed by atoms with Crippen molar-refractivity contribution in [1.82, 2.24) is 4.90 Å². The van der Waals surface area contributed by atoms with Crippen LogP contribution in [0.5, 0.6) is 0 Å². The van der Waals surface area contributed by atoms with Gasteiger partial charge in [-0.2, -0.15) is 0 Å². The Hall–Kier alpha value is -2.14. The number of nitrogens with zero attached hydrogens (tertiary/aromatic N) is 1. The summed E-state index contributed by atoms with van der Waals surface area (Å²) in [6.45, 7) is 2.31. The van der Waals surface area contributed by atoms with Gasteiger partial charge in [0.15, 0.2) is 6.61 Å². The normalized spacial score (nSPS) is 13.6. The van der Waals surface area contributed by atoms with Gasteiger partial charge in [-0.25, -0.2) is 4.79 Å². The Kier molecular flexibility index (Phi) is 6.09. The van der Waals surface area contributed by atoms with Gasteiger partial charge in [0, 0.05) is 18.5 Å². The molecule has 1 aromatic carbocycles.